The highest BCUT2D eigenvalue weighted by Crippen LogP contribution is 2.43. The summed E-state index contributed by atoms with van der Waals surface area (Å²) >= 11 is 14.1. The Balaban J connectivity index is 1.19. The summed E-state index contributed by atoms with van der Waals surface area (Å²) in [6.45, 7) is 3.98. The van der Waals surface area contributed by atoms with Crippen LogP contribution in [0.3, 0.4) is 0 Å². The second kappa shape index (κ2) is 14.5. The third-order valence-electron chi connectivity index (χ3n) is 9.66. The fraction of sp³-hybridized carbons (Fsp3) is 0.324. The van der Waals surface area contributed by atoms with Gasteiger partial charge in [-0.25, -0.2) is 4.98 Å². The maximum absolute atomic E-state index is 11.4. The first-order valence-corrected chi connectivity index (χ1v) is 17.4. The van der Waals surface area contributed by atoms with E-state index in [1.165, 1.54) is 0 Å². The maximum Gasteiger partial charge on any atom is 0.307 e. The summed E-state index contributed by atoms with van der Waals surface area (Å²) in [5, 5.41) is 39.5. The minimum Gasteiger partial charge on any atom is -0.481 e. The monoisotopic (exact) mass is 727 g/mol. The molecular weight excluding hydrogens is 693 g/mol. The summed E-state index contributed by atoms with van der Waals surface area (Å²) in [5.41, 5.74) is 4.47. The largest absolute Gasteiger partial charge is 0.481 e. The Hall–Kier alpha value is -4.77. The molecule has 262 valence electrons. The van der Waals surface area contributed by atoms with Crippen LogP contribution in [0, 0.1) is 22.7 Å². The van der Waals surface area contributed by atoms with Gasteiger partial charge in [-0.05, 0) is 31.5 Å². The smallest absolute Gasteiger partial charge is 0.307 e. The number of ether oxygens (including phenoxy) is 1. The number of hydrogen-bond acceptors (Lipinski definition) is 10. The van der Waals surface area contributed by atoms with E-state index >= 15 is 0 Å². The summed E-state index contributed by atoms with van der Waals surface area (Å²) < 4.78 is 13.5. The van der Waals surface area contributed by atoms with Crippen molar-refractivity contribution in [2.24, 2.45) is 5.92 Å². The minimum absolute atomic E-state index is 0.177. The number of rotatable bonds is 10. The number of furan rings is 1. The van der Waals surface area contributed by atoms with Gasteiger partial charge in [0.15, 0.2) is 5.58 Å². The minimum atomic E-state index is -0.792. The molecule has 2 fully saturated rings. The molecule has 0 spiro atoms. The molecule has 5 heterocycles. The number of nitrogens with one attached hydrogen (secondary N) is 1. The number of pyridine rings is 1. The van der Waals surface area contributed by atoms with Crippen LogP contribution in [0.1, 0.15) is 24.1 Å². The van der Waals surface area contributed by atoms with E-state index in [1.807, 2.05) is 36.4 Å². The number of benzene rings is 2. The number of carboxylic acid groups (broad SMARTS) is 1. The van der Waals surface area contributed by atoms with Crippen LogP contribution < -0.4 is 10.2 Å². The quantitative estimate of drug-likeness (QED) is 0.163. The Labute approximate surface area is 303 Å². The van der Waals surface area contributed by atoms with E-state index in [0.717, 1.165) is 13.0 Å². The fourth-order valence-corrected chi connectivity index (χ4v) is 7.56. The van der Waals surface area contributed by atoms with Crippen molar-refractivity contribution in [3.05, 3.63) is 81.6 Å². The van der Waals surface area contributed by atoms with Gasteiger partial charge in [0, 0.05) is 67.7 Å². The van der Waals surface area contributed by atoms with Gasteiger partial charge in [0.1, 0.15) is 28.6 Å². The molecule has 12 nitrogen and oxygen atoms in total. The summed E-state index contributed by atoms with van der Waals surface area (Å²) in [6.07, 6.45) is 4.25. The van der Waals surface area contributed by atoms with Gasteiger partial charge >= 0.3 is 5.97 Å². The first-order chi connectivity index (χ1) is 24.6. The molecule has 2 saturated heterocycles. The Morgan fingerprint density at radius 1 is 1.06 bits per heavy atom. The Morgan fingerprint density at radius 3 is 2.43 bits per heavy atom. The van der Waals surface area contributed by atoms with Crippen LogP contribution >= 0.6 is 23.2 Å². The molecule has 0 radical (unpaired) electrons. The van der Waals surface area contributed by atoms with Crippen molar-refractivity contribution in [3.63, 3.8) is 0 Å². The number of hydrogen-bond donors (Lipinski definition) is 3. The molecule has 2 aromatic carbocycles. The van der Waals surface area contributed by atoms with E-state index in [1.54, 1.807) is 30.1 Å². The van der Waals surface area contributed by atoms with Crippen LogP contribution in [-0.4, -0.2) is 86.5 Å². The standard InChI is InChI=1S/C37H35Cl2N7O5/c1-50-36-30(20-45-11-9-23(47)19-45)42-16-29(43-36)26-6-2-4-24(32(26)38)25-5-3-7-27(33(25)39)31-14-28-34(51-31)22(15-40)18-46(35(28)41)13-12-44-10-8-21(17-44)37(48)49/h2-7,14,16,18,21,23,41,47H,8-13,17,19-20H2,1H3,(H,48,49)/t21-,23-/m1/s1. The zero-order valence-electron chi connectivity index (χ0n) is 27.8. The lowest BCUT2D eigenvalue weighted by Gasteiger charge is -2.17. The Morgan fingerprint density at radius 2 is 1.76 bits per heavy atom. The van der Waals surface area contributed by atoms with Crippen LogP contribution in [0.25, 0.3) is 44.7 Å². The van der Waals surface area contributed by atoms with Gasteiger partial charge in [-0.3, -0.25) is 20.1 Å². The van der Waals surface area contributed by atoms with E-state index in [9.17, 15) is 20.3 Å². The molecule has 0 bridgehead atoms. The number of methoxy groups -OCH3 is 1. The molecule has 5 aromatic rings. The third-order valence-corrected chi connectivity index (χ3v) is 10.5. The number of aliphatic hydroxyl groups is 1. The second-order valence-electron chi connectivity index (χ2n) is 12.9. The molecule has 0 unspecified atom stereocenters. The van der Waals surface area contributed by atoms with Crippen LogP contribution in [-0.2, 0) is 17.9 Å². The number of nitriles is 1. The topological polar surface area (TPSA) is 165 Å². The fourth-order valence-electron chi connectivity index (χ4n) is 6.91. The summed E-state index contributed by atoms with van der Waals surface area (Å²) in [7, 11) is 1.55. The van der Waals surface area contributed by atoms with E-state index < -0.39 is 5.97 Å². The molecule has 14 heteroatoms. The number of likely N-dealkylation sites (tertiary alicyclic amines) is 2. The van der Waals surface area contributed by atoms with Crippen molar-refractivity contribution < 1.29 is 24.2 Å². The number of carboxylic acids is 1. The van der Waals surface area contributed by atoms with Crippen molar-refractivity contribution in [1.82, 2.24) is 24.3 Å². The molecule has 2 aliphatic heterocycles. The molecule has 3 aromatic heterocycles. The number of aliphatic hydroxyl groups excluding tert-OH is 1. The van der Waals surface area contributed by atoms with Gasteiger partial charge in [0.2, 0.25) is 5.88 Å². The lowest BCUT2D eigenvalue weighted by Crippen LogP contribution is -2.30. The molecular formula is C37H35Cl2N7O5. The third kappa shape index (κ3) is 6.83. The number of aliphatic carboxylic acids is 1. The SMILES string of the molecule is COc1nc(-c2cccc(-c3cccc(-c4cc5c(=N)n(CCN6CC[C@@H](C(=O)O)C6)cc(C#N)c5o4)c3Cl)c2Cl)cnc1CN1CC[C@@H](O)C1. The highest BCUT2D eigenvalue weighted by atomic mass is 35.5. The zero-order chi connectivity index (χ0) is 35.8. The first kappa shape index (κ1) is 34.7. The van der Waals surface area contributed by atoms with Gasteiger partial charge in [0.25, 0.3) is 0 Å². The van der Waals surface area contributed by atoms with E-state index in [2.05, 4.69) is 20.9 Å². The van der Waals surface area contributed by atoms with Crippen LogP contribution in [0.4, 0.5) is 0 Å². The summed E-state index contributed by atoms with van der Waals surface area (Å²) in [4.78, 5) is 24.9. The molecule has 2 atom stereocenters. The van der Waals surface area contributed by atoms with Gasteiger partial charge in [-0.2, -0.15) is 5.26 Å². The Kier molecular flexibility index (Phi) is 9.83. The highest BCUT2D eigenvalue weighted by molar-refractivity contribution is 6.39. The average Bonchev–Trinajstić information content (AvgIpc) is 3.89. The van der Waals surface area contributed by atoms with Crippen molar-refractivity contribution in [3.8, 4) is 45.7 Å². The Bertz CT molecular complexity index is 2250. The maximum atomic E-state index is 11.4. The number of β-amino-alcohol motifs (C(OH)–C–C–N with tert-alkyl or cyclic N) is 1. The van der Waals surface area contributed by atoms with Gasteiger partial charge in [-0.1, -0.05) is 53.5 Å². The highest BCUT2D eigenvalue weighted by Gasteiger charge is 2.28. The van der Waals surface area contributed by atoms with Gasteiger partial charge < -0.3 is 28.8 Å². The van der Waals surface area contributed by atoms with Crippen molar-refractivity contribution >= 4 is 40.1 Å². The summed E-state index contributed by atoms with van der Waals surface area (Å²) in [5.74, 6) is -0.399. The molecule has 3 N–H and O–H groups in total. The van der Waals surface area contributed by atoms with Crippen LogP contribution in [0.2, 0.25) is 10.0 Å². The van der Waals surface area contributed by atoms with Gasteiger partial charge in [0.05, 0.1) is 46.5 Å². The van der Waals surface area contributed by atoms with Gasteiger partial charge in [-0.15, -0.1) is 0 Å². The second-order valence-corrected chi connectivity index (χ2v) is 13.7. The number of halogens is 2. The van der Waals surface area contributed by atoms with E-state index in [-0.39, 0.29) is 23.1 Å². The molecule has 0 amide bonds. The normalized spacial score (nSPS) is 18.0. The molecule has 0 saturated carbocycles. The predicted molar refractivity (Wildman–Crippen MR) is 191 cm³/mol. The molecule has 2 aliphatic rings. The first-order valence-electron chi connectivity index (χ1n) is 16.6. The summed E-state index contributed by atoms with van der Waals surface area (Å²) in [6, 6.07) is 15.0. The number of aromatic nitrogens is 3. The lowest BCUT2D eigenvalue weighted by molar-refractivity contribution is -0.141. The molecule has 0 aliphatic carbocycles. The number of nitrogens with zero attached hydrogens (tertiary/aromatic N) is 6. The van der Waals surface area contributed by atoms with E-state index in [0.29, 0.717) is 112 Å². The average molecular weight is 729 g/mol. The van der Waals surface area contributed by atoms with Crippen molar-refractivity contribution in [1.29, 1.82) is 10.7 Å². The lowest BCUT2D eigenvalue weighted by atomic mass is 9.99. The van der Waals surface area contributed by atoms with Crippen molar-refractivity contribution in [2.45, 2.75) is 32.0 Å². The molecule has 7 rings (SSSR count). The van der Waals surface area contributed by atoms with Crippen molar-refractivity contribution in [2.75, 3.05) is 39.8 Å². The zero-order valence-corrected chi connectivity index (χ0v) is 29.3. The van der Waals surface area contributed by atoms with Crippen LogP contribution in [0.5, 0.6) is 5.88 Å². The van der Waals surface area contributed by atoms with E-state index in [4.69, 9.17) is 42.7 Å². The number of carbonyl (C=O) groups is 1. The number of fused-ring (bicyclic) bond motifs is 1. The predicted octanol–water partition coefficient (Wildman–Crippen LogP) is 5.66. The van der Waals surface area contributed by atoms with Crippen LogP contribution in [0.15, 0.2) is 59.3 Å². The molecule has 51 heavy (non-hydrogen) atoms.